The lowest BCUT2D eigenvalue weighted by Gasteiger charge is -2.26. The first-order valence-corrected chi connectivity index (χ1v) is 8.83. The van der Waals surface area contributed by atoms with Crippen LogP contribution in [-0.4, -0.2) is 39.8 Å². The van der Waals surface area contributed by atoms with Crippen molar-refractivity contribution in [1.82, 2.24) is 4.72 Å². The van der Waals surface area contributed by atoms with Crippen LogP contribution in [0.4, 0.5) is 0 Å². The van der Waals surface area contributed by atoms with Gasteiger partial charge in [0.05, 0.1) is 5.75 Å². The fourth-order valence-electron chi connectivity index (χ4n) is 2.21. The second-order valence-electron chi connectivity index (χ2n) is 4.83. The third-order valence-corrected chi connectivity index (χ3v) is 5.98. The van der Waals surface area contributed by atoms with Crippen molar-refractivity contribution in [3.63, 3.8) is 0 Å². The molecule has 0 spiro atoms. The van der Waals surface area contributed by atoms with Crippen molar-refractivity contribution in [2.75, 3.05) is 31.3 Å². The minimum absolute atomic E-state index is 0.133. The van der Waals surface area contributed by atoms with Gasteiger partial charge in [0, 0.05) is 25.6 Å². The van der Waals surface area contributed by atoms with E-state index < -0.39 is 10.0 Å². The van der Waals surface area contributed by atoms with Crippen LogP contribution in [0.25, 0.3) is 0 Å². The molecule has 6 heteroatoms. The lowest BCUT2D eigenvalue weighted by molar-refractivity contribution is 0.199. The lowest BCUT2D eigenvalue weighted by atomic mass is 9.89. The van der Waals surface area contributed by atoms with Gasteiger partial charge in [-0.05, 0) is 24.7 Å². The van der Waals surface area contributed by atoms with E-state index in [-0.39, 0.29) is 11.2 Å². The van der Waals surface area contributed by atoms with E-state index in [4.69, 9.17) is 4.74 Å². The molecule has 0 amide bonds. The van der Waals surface area contributed by atoms with E-state index in [2.05, 4.69) is 20.7 Å². The van der Waals surface area contributed by atoms with E-state index >= 15 is 0 Å². The topological polar surface area (TPSA) is 55.4 Å². The van der Waals surface area contributed by atoms with E-state index in [0.29, 0.717) is 19.6 Å². The molecule has 1 saturated carbocycles. The van der Waals surface area contributed by atoms with Crippen LogP contribution in [0.3, 0.4) is 0 Å². The maximum absolute atomic E-state index is 11.7. The van der Waals surface area contributed by atoms with Crippen LogP contribution in [0, 0.1) is 5.41 Å². The van der Waals surface area contributed by atoms with Gasteiger partial charge < -0.3 is 4.74 Å². The van der Waals surface area contributed by atoms with E-state index in [0.717, 1.165) is 18.2 Å². The summed E-state index contributed by atoms with van der Waals surface area (Å²) >= 11 is 3.51. The summed E-state index contributed by atoms with van der Waals surface area (Å²) in [5, 5.41) is 0.876. The molecule has 102 valence electrons. The first-order valence-electron chi connectivity index (χ1n) is 6.06. The smallest absolute Gasteiger partial charge is 0.211 e. The molecular weight excluding hydrogens is 306 g/mol. The van der Waals surface area contributed by atoms with Gasteiger partial charge in [-0.2, -0.15) is 0 Å². The quantitative estimate of drug-likeness (QED) is 0.547. The van der Waals surface area contributed by atoms with Gasteiger partial charge in [-0.3, -0.25) is 0 Å². The molecule has 4 nitrogen and oxygen atoms in total. The Hall–Kier alpha value is 0.350. The molecule has 0 aromatic rings. The number of methoxy groups -OCH3 is 1. The summed E-state index contributed by atoms with van der Waals surface area (Å²) in [6.07, 6.45) is 5.18. The molecule has 0 unspecified atom stereocenters. The molecule has 0 saturated heterocycles. The number of nitrogens with one attached hydrogen (secondary N) is 1. The van der Waals surface area contributed by atoms with Gasteiger partial charge in [-0.15, -0.1) is 0 Å². The van der Waals surface area contributed by atoms with Crippen LogP contribution in [0.2, 0.25) is 0 Å². The second kappa shape index (κ2) is 7.07. The highest BCUT2D eigenvalue weighted by Crippen LogP contribution is 2.39. The fraction of sp³-hybridized carbons (Fsp3) is 1.00. The van der Waals surface area contributed by atoms with Crippen molar-refractivity contribution in [2.45, 2.75) is 32.1 Å². The number of ether oxygens (including phenoxy) is 1. The molecule has 0 atom stereocenters. The Morgan fingerprint density at radius 2 is 2.00 bits per heavy atom. The van der Waals surface area contributed by atoms with Gasteiger partial charge in [0.15, 0.2) is 0 Å². The Bertz CT molecular complexity index is 313. The van der Waals surface area contributed by atoms with Crippen LogP contribution in [0.1, 0.15) is 32.1 Å². The van der Waals surface area contributed by atoms with E-state index in [1.54, 1.807) is 7.11 Å². The van der Waals surface area contributed by atoms with Crippen molar-refractivity contribution in [1.29, 1.82) is 0 Å². The predicted octanol–water partition coefficient (Wildman–Crippen LogP) is 1.90. The van der Waals surface area contributed by atoms with Gasteiger partial charge in [-0.1, -0.05) is 28.8 Å². The highest BCUT2D eigenvalue weighted by Gasteiger charge is 2.33. The van der Waals surface area contributed by atoms with E-state index in [1.165, 1.54) is 12.8 Å². The van der Waals surface area contributed by atoms with Crippen molar-refractivity contribution in [2.24, 2.45) is 5.41 Å². The summed E-state index contributed by atoms with van der Waals surface area (Å²) in [5.74, 6) is 0.152. The summed E-state index contributed by atoms with van der Waals surface area (Å²) in [5.41, 5.74) is 0.133. The second-order valence-corrected chi connectivity index (χ2v) is 7.31. The molecule has 17 heavy (non-hydrogen) atoms. The van der Waals surface area contributed by atoms with Gasteiger partial charge in [-0.25, -0.2) is 13.1 Å². The first kappa shape index (κ1) is 15.4. The Kier molecular flexibility index (Phi) is 6.40. The van der Waals surface area contributed by atoms with Crippen LogP contribution < -0.4 is 4.72 Å². The maximum atomic E-state index is 11.7. The Balaban J connectivity index is 2.37. The minimum Gasteiger partial charge on any atom is -0.385 e. The van der Waals surface area contributed by atoms with Crippen LogP contribution >= 0.6 is 15.9 Å². The first-order chi connectivity index (χ1) is 8.04. The number of alkyl halides is 1. The Labute approximate surface area is 113 Å². The summed E-state index contributed by atoms with van der Waals surface area (Å²) in [6, 6.07) is 0. The summed E-state index contributed by atoms with van der Waals surface area (Å²) in [7, 11) is -1.56. The van der Waals surface area contributed by atoms with E-state index in [9.17, 15) is 8.42 Å². The number of rotatable bonds is 8. The molecular formula is C11H22BrNO3S. The monoisotopic (exact) mass is 327 g/mol. The summed E-state index contributed by atoms with van der Waals surface area (Å²) in [6.45, 7) is 1.05. The maximum Gasteiger partial charge on any atom is 0.211 e. The van der Waals surface area contributed by atoms with Gasteiger partial charge in [0.2, 0.25) is 10.0 Å². The zero-order chi connectivity index (χ0) is 12.8. The van der Waals surface area contributed by atoms with Gasteiger partial charge in [0.1, 0.15) is 0 Å². The molecule has 0 heterocycles. The van der Waals surface area contributed by atoms with E-state index in [1.807, 2.05) is 0 Å². The number of hydrogen-bond acceptors (Lipinski definition) is 3. The minimum atomic E-state index is -3.14. The molecule has 0 aromatic carbocycles. The zero-order valence-electron chi connectivity index (χ0n) is 10.4. The number of hydrogen-bond donors (Lipinski definition) is 1. The van der Waals surface area contributed by atoms with Crippen LogP contribution in [-0.2, 0) is 14.8 Å². The summed E-state index contributed by atoms with van der Waals surface area (Å²) < 4.78 is 31.1. The molecule has 0 radical (unpaired) electrons. The van der Waals surface area contributed by atoms with Crippen LogP contribution in [0.15, 0.2) is 0 Å². The molecule has 1 N–H and O–H groups in total. The SMILES string of the molecule is COCCCS(=O)(=O)NCC1(CBr)CCCC1. The number of sulfonamides is 1. The molecule has 1 fully saturated rings. The number of halogens is 1. The average Bonchev–Trinajstić information content (AvgIpc) is 2.76. The largest absolute Gasteiger partial charge is 0.385 e. The molecule has 1 aliphatic carbocycles. The normalized spacial score (nSPS) is 19.6. The third-order valence-electron chi connectivity index (χ3n) is 3.38. The zero-order valence-corrected chi connectivity index (χ0v) is 12.8. The molecule has 1 rings (SSSR count). The lowest BCUT2D eigenvalue weighted by Crippen LogP contribution is -2.38. The Morgan fingerprint density at radius 3 is 2.53 bits per heavy atom. The van der Waals surface area contributed by atoms with Crippen molar-refractivity contribution < 1.29 is 13.2 Å². The summed E-state index contributed by atoms with van der Waals surface area (Å²) in [4.78, 5) is 0. The van der Waals surface area contributed by atoms with Gasteiger partial charge >= 0.3 is 0 Å². The predicted molar refractivity (Wildman–Crippen MR) is 73.0 cm³/mol. The highest BCUT2D eigenvalue weighted by molar-refractivity contribution is 9.09. The molecule has 0 aliphatic heterocycles. The molecule has 1 aliphatic rings. The van der Waals surface area contributed by atoms with Crippen molar-refractivity contribution in [3.05, 3.63) is 0 Å². The highest BCUT2D eigenvalue weighted by atomic mass is 79.9. The Morgan fingerprint density at radius 1 is 1.35 bits per heavy atom. The van der Waals surface area contributed by atoms with Crippen molar-refractivity contribution in [3.8, 4) is 0 Å². The van der Waals surface area contributed by atoms with Gasteiger partial charge in [0.25, 0.3) is 0 Å². The van der Waals surface area contributed by atoms with Crippen molar-refractivity contribution >= 4 is 26.0 Å². The third kappa shape index (κ3) is 5.24. The molecule has 0 bridgehead atoms. The standard InChI is InChI=1S/C11H22BrNO3S/c1-16-7-4-8-17(14,15)13-10-11(9-12)5-2-3-6-11/h13H,2-10H2,1H3. The molecule has 0 aromatic heterocycles. The average molecular weight is 328 g/mol. The van der Waals surface area contributed by atoms with Crippen LogP contribution in [0.5, 0.6) is 0 Å². The fourth-order valence-corrected chi connectivity index (χ4v) is 4.14.